The second kappa shape index (κ2) is 7.62. The Morgan fingerprint density at radius 1 is 1.40 bits per heavy atom. The van der Waals surface area contributed by atoms with Crippen molar-refractivity contribution in [3.05, 3.63) is 29.3 Å². The zero-order valence-corrected chi connectivity index (χ0v) is 12.6. The molecule has 0 spiro atoms. The molecule has 0 radical (unpaired) electrons. The van der Waals surface area contributed by atoms with Gasteiger partial charge in [0.2, 0.25) is 5.91 Å². The molecule has 1 aromatic rings. The van der Waals surface area contributed by atoms with E-state index in [2.05, 4.69) is 22.5 Å². The second-order valence-electron chi connectivity index (χ2n) is 5.35. The van der Waals surface area contributed by atoms with E-state index in [1.54, 1.807) is 12.1 Å². The average Bonchev–Trinajstić information content (AvgIpc) is 2.89. The number of hydrogen-bond acceptors (Lipinski definition) is 3. The summed E-state index contributed by atoms with van der Waals surface area (Å²) in [5.41, 5.74) is 0.733. The molecule has 1 fully saturated rings. The lowest BCUT2D eigenvalue weighted by atomic mass is 10.3. The minimum atomic E-state index is -0.0412. The minimum absolute atomic E-state index is 0.0412. The molecule has 2 N–H and O–H groups in total. The van der Waals surface area contributed by atoms with E-state index in [9.17, 15) is 4.79 Å². The largest absolute Gasteiger partial charge is 0.325 e. The zero-order valence-electron chi connectivity index (χ0n) is 11.9. The number of halogens is 1. The second-order valence-corrected chi connectivity index (χ2v) is 5.78. The van der Waals surface area contributed by atoms with Crippen molar-refractivity contribution in [2.75, 3.05) is 31.5 Å². The molecule has 0 aromatic heterocycles. The van der Waals surface area contributed by atoms with Gasteiger partial charge in [-0.15, -0.1) is 0 Å². The molecule has 0 aliphatic carbocycles. The molecule has 1 heterocycles. The van der Waals surface area contributed by atoms with Crippen molar-refractivity contribution in [2.45, 2.75) is 25.8 Å². The Labute approximate surface area is 125 Å². The van der Waals surface area contributed by atoms with Crippen LogP contribution in [0.25, 0.3) is 0 Å². The number of nitrogens with one attached hydrogen (secondary N) is 2. The fourth-order valence-electron chi connectivity index (χ4n) is 2.46. The third-order valence-corrected chi connectivity index (χ3v) is 3.69. The van der Waals surface area contributed by atoms with Gasteiger partial charge in [-0.3, -0.25) is 4.79 Å². The standard InChI is InChI=1S/C15H22ClN3O/c1-12(11-19-7-2-3-8-19)17-10-15(20)18-14-6-4-5-13(16)9-14/h4-6,9,12,17H,2-3,7-8,10-11H2,1H3,(H,18,20). The molecular formula is C15H22ClN3O. The van der Waals surface area contributed by atoms with E-state index in [1.165, 1.54) is 25.9 Å². The van der Waals surface area contributed by atoms with Gasteiger partial charge in [-0.05, 0) is 51.1 Å². The summed E-state index contributed by atoms with van der Waals surface area (Å²) in [5, 5.41) is 6.71. The highest BCUT2D eigenvalue weighted by atomic mass is 35.5. The van der Waals surface area contributed by atoms with Gasteiger partial charge in [0.1, 0.15) is 0 Å². The highest BCUT2D eigenvalue weighted by molar-refractivity contribution is 6.30. The van der Waals surface area contributed by atoms with Crippen molar-refractivity contribution in [3.8, 4) is 0 Å². The van der Waals surface area contributed by atoms with Gasteiger partial charge in [-0.25, -0.2) is 0 Å². The molecule has 4 nitrogen and oxygen atoms in total. The monoisotopic (exact) mass is 295 g/mol. The van der Waals surface area contributed by atoms with E-state index >= 15 is 0 Å². The molecule has 1 saturated heterocycles. The molecule has 110 valence electrons. The first kappa shape index (κ1) is 15.3. The number of anilines is 1. The Bertz CT molecular complexity index is 446. The number of carbonyl (C=O) groups excluding carboxylic acids is 1. The summed E-state index contributed by atoms with van der Waals surface area (Å²) < 4.78 is 0. The Balaban J connectivity index is 1.69. The maximum atomic E-state index is 11.8. The fraction of sp³-hybridized carbons (Fsp3) is 0.533. The molecular weight excluding hydrogens is 274 g/mol. The third kappa shape index (κ3) is 5.12. The number of benzene rings is 1. The lowest BCUT2D eigenvalue weighted by molar-refractivity contribution is -0.115. The molecule has 1 unspecified atom stereocenters. The first-order chi connectivity index (χ1) is 9.63. The van der Waals surface area contributed by atoms with Gasteiger partial charge in [0.25, 0.3) is 0 Å². The first-order valence-corrected chi connectivity index (χ1v) is 7.52. The summed E-state index contributed by atoms with van der Waals surface area (Å²) in [6, 6.07) is 7.50. The maximum absolute atomic E-state index is 11.8. The van der Waals surface area contributed by atoms with Crippen LogP contribution in [0.15, 0.2) is 24.3 Å². The van der Waals surface area contributed by atoms with Crippen LogP contribution in [0.3, 0.4) is 0 Å². The Kier molecular flexibility index (Phi) is 5.83. The minimum Gasteiger partial charge on any atom is -0.325 e. The van der Waals surface area contributed by atoms with E-state index < -0.39 is 0 Å². The van der Waals surface area contributed by atoms with Crippen molar-refractivity contribution < 1.29 is 4.79 Å². The summed E-state index contributed by atoms with van der Waals surface area (Å²) in [5.74, 6) is -0.0412. The predicted molar refractivity (Wildman–Crippen MR) is 83.2 cm³/mol. The molecule has 0 bridgehead atoms. The SMILES string of the molecule is CC(CN1CCCC1)NCC(=O)Nc1cccc(Cl)c1. The highest BCUT2D eigenvalue weighted by Gasteiger charge is 2.14. The van der Waals surface area contributed by atoms with Gasteiger partial charge in [-0.2, -0.15) is 0 Å². The lowest BCUT2D eigenvalue weighted by Gasteiger charge is -2.21. The van der Waals surface area contributed by atoms with Crippen LogP contribution < -0.4 is 10.6 Å². The summed E-state index contributed by atoms with van der Waals surface area (Å²) in [7, 11) is 0. The number of hydrogen-bond donors (Lipinski definition) is 2. The molecule has 1 atom stereocenters. The van der Waals surface area contributed by atoms with Gasteiger partial charge in [0.05, 0.1) is 6.54 Å². The first-order valence-electron chi connectivity index (χ1n) is 7.14. The van der Waals surface area contributed by atoms with Crippen molar-refractivity contribution in [1.82, 2.24) is 10.2 Å². The average molecular weight is 296 g/mol. The Morgan fingerprint density at radius 2 is 2.15 bits per heavy atom. The summed E-state index contributed by atoms with van der Waals surface area (Å²) in [4.78, 5) is 14.3. The van der Waals surface area contributed by atoms with E-state index in [1.807, 2.05) is 12.1 Å². The number of likely N-dealkylation sites (tertiary alicyclic amines) is 1. The van der Waals surface area contributed by atoms with Crippen LogP contribution in [0.4, 0.5) is 5.69 Å². The normalized spacial score (nSPS) is 17.1. The molecule has 2 rings (SSSR count). The summed E-state index contributed by atoms with van der Waals surface area (Å²) >= 11 is 5.88. The quantitative estimate of drug-likeness (QED) is 0.847. The molecule has 1 aliphatic rings. The smallest absolute Gasteiger partial charge is 0.238 e. The van der Waals surface area contributed by atoms with Crippen molar-refractivity contribution in [2.24, 2.45) is 0 Å². The highest BCUT2D eigenvalue weighted by Crippen LogP contribution is 2.14. The van der Waals surface area contributed by atoms with Crippen molar-refractivity contribution in [1.29, 1.82) is 0 Å². The van der Waals surface area contributed by atoms with Gasteiger partial charge < -0.3 is 15.5 Å². The zero-order chi connectivity index (χ0) is 14.4. The third-order valence-electron chi connectivity index (χ3n) is 3.45. The fourth-order valence-corrected chi connectivity index (χ4v) is 2.65. The molecule has 1 aliphatic heterocycles. The van der Waals surface area contributed by atoms with E-state index in [4.69, 9.17) is 11.6 Å². The molecule has 1 amide bonds. The van der Waals surface area contributed by atoms with Gasteiger partial charge >= 0.3 is 0 Å². The van der Waals surface area contributed by atoms with Gasteiger partial charge in [0, 0.05) is 23.3 Å². The van der Waals surface area contributed by atoms with Gasteiger partial charge in [0.15, 0.2) is 0 Å². The molecule has 5 heteroatoms. The number of nitrogens with zero attached hydrogens (tertiary/aromatic N) is 1. The van der Waals surface area contributed by atoms with Crippen molar-refractivity contribution >= 4 is 23.2 Å². The van der Waals surface area contributed by atoms with Gasteiger partial charge in [-0.1, -0.05) is 17.7 Å². The predicted octanol–water partition coefficient (Wildman–Crippen LogP) is 2.35. The maximum Gasteiger partial charge on any atom is 0.238 e. The van der Waals surface area contributed by atoms with Crippen molar-refractivity contribution in [3.63, 3.8) is 0 Å². The van der Waals surface area contributed by atoms with Crippen LogP contribution in [0.5, 0.6) is 0 Å². The van der Waals surface area contributed by atoms with Crippen LogP contribution in [0, 0.1) is 0 Å². The number of amides is 1. The van der Waals surface area contributed by atoms with Crippen LogP contribution in [0.1, 0.15) is 19.8 Å². The summed E-state index contributed by atoms with van der Waals surface area (Å²) in [6.07, 6.45) is 2.59. The van der Waals surface area contributed by atoms with Crippen LogP contribution >= 0.6 is 11.6 Å². The van der Waals surface area contributed by atoms with E-state index in [0.717, 1.165) is 12.2 Å². The van der Waals surface area contributed by atoms with Crippen LogP contribution in [-0.4, -0.2) is 43.0 Å². The Hall–Kier alpha value is -1.10. The van der Waals surface area contributed by atoms with E-state index in [-0.39, 0.29) is 5.91 Å². The number of carbonyl (C=O) groups is 1. The van der Waals surface area contributed by atoms with E-state index in [0.29, 0.717) is 17.6 Å². The number of rotatable bonds is 6. The van der Waals surface area contributed by atoms with Crippen LogP contribution in [-0.2, 0) is 4.79 Å². The molecule has 1 aromatic carbocycles. The molecule has 0 saturated carbocycles. The molecule has 20 heavy (non-hydrogen) atoms. The Morgan fingerprint density at radius 3 is 2.85 bits per heavy atom. The summed E-state index contributed by atoms with van der Waals surface area (Å²) in [6.45, 7) is 5.80. The van der Waals surface area contributed by atoms with Crippen LogP contribution in [0.2, 0.25) is 5.02 Å². The topological polar surface area (TPSA) is 44.4 Å². The lowest BCUT2D eigenvalue weighted by Crippen LogP contribution is -2.41.